The van der Waals surface area contributed by atoms with E-state index in [1.54, 1.807) is 11.8 Å². The maximum absolute atomic E-state index is 9.18. The van der Waals surface area contributed by atoms with Crippen molar-refractivity contribution in [3.8, 4) is 6.07 Å². The molecule has 0 unspecified atom stereocenters. The Morgan fingerprint density at radius 2 is 2.00 bits per heavy atom. The summed E-state index contributed by atoms with van der Waals surface area (Å²) >= 11 is 1.69. The summed E-state index contributed by atoms with van der Waals surface area (Å²) < 4.78 is 0. The molecular weight excluding hydrogens is 252 g/mol. The molecule has 0 spiro atoms. The van der Waals surface area contributed by atoms with Crippen LogP contribution in [0.25, 0.3) is 0 Å². The molecule has 0 aliphatic carbocycles. The van der Waals surface area contributed by atoms with Gasteiger partial charge in [-0.1, -0.05) is 35.9 Å². The van der Waals surface area contributed by atoms with Crippen LogP contribution in [0.4, 0.5) is 0 Å². The Morgan fingerprint density at radius 1 is 1.16 bits per heavy atom. The zero-order valence-electron chi connectivity index (χ0n) is 10.9. The lowest BCUT2D eigenvalue weighted by atomic mass is 10.1. The lowest BCUT2D eigenvalue weighted by molar-refractivity contribution is 1.06. The van der Waals surface area contributed by atoms with Crippen LogP contribution in [0.15, 0.2) is 47.4 Å². The van der Waals surface area contributed by atoms with Crippen molar-refractivity contribution in [2.75, 3.05) is 0 Å². The number of aryl methyl sites for hydroxylation is 1. The van der Waals surface area contributed by atoms with E-state index in [4.69, 9.17) is 5.73 Å². The van der Waals surface area contributed by atoms with E-state index in [9.17, 15) is 5.26 Å². The number of nitriles is 1. The van der Waals surface area contributed by atoms with E-state index in [0.717, 1.165) is 16.2 Å². The van der Waals surface area contributed by atoms with Crippen LogP contribution in [0.5, 0.6) is 0 Å². The molecule has 19 heavy (non-hydrogen) atoms. The molecule has 2 aromatic rings. The fraction of sp³-hybridized carbons (Fsp3) is 0.188. The first kappa shape index (κ1) is 13.7. The maximum Gasteiger partial charge on any atom is 0.100 e. The van der Waals surface area contributed by atoms with Gasteiger partial charge in [0.25, 0.3) is 0 Å². The van der Waals surface area contributed by atoms with Crippen LogP contribution in [0.2, 0.25) is 0 Å². The SMILES string of the molecule is Cc1cccc(CSc2ccc(CN)cc2C#N)c1. The third kappa shape index (κ3) is 3.60. The predicted octanol–water partition coefficient (Wildman–Crippen LogP) is 3.62. The highest BCUT2D eigenvalue weighted by atomic mass is 32.2. The van der Waals surface area contributed by atoms with Gasteiger partial charge in [0.05, 0.1) is 5.56 Å². The fourth-order valence-corrected chi connectivity index (χ4v) is 2.81. The quantitative estimate of drug-likeness (QED) is 0.862. The molecule has 2 N–H and O–H groups in total. The van der Waals surface area contributed by atoms with Gasteiger partial charge in [0.1, 0.15) is 6.07 Å². The first-order valence-corrected chi connectivity index (χ1v) is 7.13. The maximum atomic E-state index is 9.18. The Balaban J connectivity index is 2.13. The molecule has 0 saturated carbocycles. The molecule has 0 saturated heterocycles. The van der Waals surface area contributed by atoms with Crippen molar-refractivity contribution in [2.24, 2.45) is 5.73 Å². The number of rotatable bonds is 4. The van der Waals surface area contributed by atoms with Crippen LogP contribution < -0.4 is 5.73 Å². The van der Waals surface area contributed by atoms with Gasteiger partial charge in [0.2, 0.25) is 0 Å². The summed E-state index contributed by atoms with van der Waals surface area (Å²) in [6, 6.07) is 16.5. The van der Waals surface area contributed by atoms with E-state index in [2.05, 4.69) is 37.3 Å². The molecule has 0 aliphatic heterocycles. The van der Waals surface area contributed by atoms with Crippen LogP contribution in [0, 0.1) is 18.3 Å². The number of hydrogen-bond acceptors (Lipinski definition) is 3. The van der Waals surface area contributed by atoms with Crippen molar-refractivity contribution >= 4 is 11.8 Å². The van der Waals surface area contributed by atoms with Gasteiger partial charge in [-0.05, 0) is 30.2 Å². The number of hydrogen-bond donors (Lipinski definition) is 1. The van der Waals surface area contributed by atoms with Crippen molar-refractivity contribution in [1.29, 1.82) is 5.26 Å². The predicted molar refractivity (Wildman–Crippen MR) is 79.8 cm³/mol. The molecule has 96 valence electrons. The van der Waals surface area contributed by atoms with E-state index in [-0.39, 0.29) is 0 Å². The zero-order chi connectivity index (χ0) is 13.7. The highest BCUT2D eigenvalue weighted by Crippen LogP contribution is 2.27. The third-order valence-electron chi connectivity index (χ3n) is 2.88. The van der Waals surface area contributed by atoms with Crippen molar-refractivity contribution < 1.29 is 0 Å². The summed E-state index contributed by atoms with van der Waals surface area (Å²) in [6.45, 7) is 2.56. The van der Waals surface area contributed by atoms with Crippen LogP contribution in [-0.2, 0) is 12.3 Å². The zero-order valence-corrected chi connectivity index (χ0v) is 11.7. The summed E-state index contributed by atoms with van der Waals surface area (Å²) in [5.41, 5.74) is 9.83. The molecule has 0 amide bonds. The number of nitrogens with zero attached hydrogens (tertiary/aromatic N) is 1. The van der Waals surface area contributed by atoms with E-state index < -0.39 is 0 Å². The van der Waals surface area contributed by atoms with Gasteiger partial charge in [0.15, 0.2) is 0 Å². The van der Waals surface area contributed by atoms with Crippen LogP contribution in [-0.4, -0.2) is 0 Å². The summed E-state index contributed by atoms with van der Waals surface area (Å²) in [6.07, 6.45) is 0. The molecule has 0 aromatic heterocycles. The number of thioether (sulfide) groups is 1. The van der Waals surface area contributed by atoms with Gasteiger partial charge >= 0.3 is 0 Å². The van der Waals surface area contributed by atoms with Gasteiger partial charge in [0, 0.05) is 17.2 Å². The lowest BCUT2D eigenvalue weighted by Gasteiger charge is -2.06. The Bertz CT molecular complexity index is 614. The second-order valence-corrected chi connectivity index (χ2v) is 5.44. The molecule has 0 bridgehead atoms. The molecular formula is C16H16N2S. The first-order valence-electron chi connectivity index (χ1n) is 6.14. The Labute approximate surface area is 118 Å². The first-order chi connectivity index (χ1) is 9.22. The molecule has 0 heterocycles. The van der Waals surface area contributed by atoms with Crippen molar-refractivity contribution in [2.45, 2.75) is 24.1 Å². The second-order valence-electron chi connectivity index (χ2n) is 4.42. The second kappa shape index (κ2) is 6.42. The molecule has 3 heteroatoms. The normalized spacial score (nSPS) is 10.2. The van der Waals surface area contributed by atoms with Crippen LogP contribution in [0.1, 0.15) is 22.3 Å². The van der Waals surface area contributed by atoms with Crippen molar-refractivity contribution in [1.82, 2.24) is 0 Å². The van der Waals surface area contributed by atoms with Crippen LogP contribution in [0.3, 0.4) is 0 Å². The minimum Gasteiger partial charge on any atom is -0.326 e. The third-order valence-corrected chi connectivity index (χ3v) is 4.02. The van der Waals surface area contributed by atoms with Gasteiger partial charge in [-0.3, -0.25) is 0 Å². The van der Waals surface area contributed by atoms with Crippen LogP contribution >= 0.6 is 11.8 Å². The Morgan fingerprint density at radius 3 is 2.68 bits per heavy atom. The van der Waals surface area contributed by atoms with Gasteiger partial charge in [-0.25, -0.2) is 0 Å². The standard InChI is InChI=1S/C16H16N2S/c1-12-3-2-4-14(7-12)11-19-16-6-5-13(9-17)8-15(16)10-18/h2-8H,9,11,17H2,1H3. The Hall–Kier alpha value is -1.76. The summed E-state index contributed by atoms with van der Waals surface area (Å²) in [7, 11) is 0. The topological polar surface area (TPSA) is 49.8 Å². The van der Waals surface area contributed by atoms with E-state index in [1.807, 2.05) is 18.2 Å². The van der Waals surface area contributed by atoms with Gasteiger partial charge in [-0.2, -0.15) is 5.26 Å². The smallest absolute Gasteiger partial charge is 0.100 e. The van der Waals surface area contributed by atoms with Gasteiger partial charge < -0.3 is 5.73 Å². The molecule has 2 nitrogen and oxygen atoms in total. The highest BCUT2D eigenvalue weighted by Gasteiger charge is 2.04. The summed E-state index contributed by atoms with van der Waals surface area (Å²) in [5.74, 6) is 0.873. The Kier molecular flexibility index (Phi) is 4.62. The van der Waals surface area contributed by atoms with Crippen molar-refractivity contribution in [3.63, 3.8) is 0 Å². The van der Waals surface area contributed by atoms with E-state index in [0.29, 0.717) is 12.1 Å². The molecule has 0 radical (unpaired) electrons. The lowest BCUT2D eigenvalue weighted by Crippen LogP contribution is -1.97. The minimum absolute atomic E-state index is 0.470. The fourth-order valence-electron chi connectivity index (χ4n) is 1.88. The van der Waals surface area contributed by atoms with E-state index >= 15 is 0 Å². The summed E-state index contributed by atoms with van der Waals surface area (Å²) in [5, 5.41) is 9.18. The molecule has 2 aromatic carbocycles. The van der Waals surface area contributed by atoms with E-state index in [1.165, 1.54) is 11.1 Å². The average molecular weight is 268 g/mol. The molecule has 0 aliphatic rings. The largest absolute Gasteiger partial charge is 0.326 e. The van der Waals surface area contributed by atoms with Crippen molar-refractivity contribution in [3.05, 3.63) is 64.7 Å². The number of benzene rings is 2. The highest BCUT2D eigenvalue weighted by molar-refractivity contribution is 7.98. The molecule has 0 fully saturated rings. The average Bonchev–Trinajstić information content (AvgIpc) is 2.45. The molecule has 0 atom stereocenters. The monoisotopic (exact) mass is 268 g/mol. The minimum atomic E-state index is 0.470. The summed E-state index contributed by atoms with van der Waals surface area (Å²) in [4.78, 5) is 1.02. The molecule has 2 rings (SSSR count). The number of nitrogens with two attached hydrogens (primary N) is 1. The van der Waals surface area contributed by atoms with Gasteiger partial charge in [-0.15, -0.1) is 11.8 Å².